The first kappa shape index (κ1) is 12.1. The lowest BCUT2D eigenvalue weighted by Crippen LogP contribution is -2.22. The third-order valence-corrected chi connectivity index (χ3v) is 5.02. The Bertz CT molecular complexity index is 413. The fourth-order valence-electron chi connectivity index (χ4n) is 1.95. The minimum atomic E-state index is -0.325. The summed E-state index contributed by atoms with van der Waals surface area (Å²) in [6.45, 7) is 0. The molecule has 0 radical (unpaired) electrons. The van der Waals surface area contributed by atoms with Gasteiger partial charge in [-0.05, 0) is 36.3 Å². The largest absolute Gasteiger partial charge is 0.197 e. The number of hydrogen-bond donors (Lipinski definition) is 0. The van der Waals surface area contributed by atoms with Gasteiger partial charge in [-0.25, -0.2) is 0 Å². The van der Waals surface area contributed by atoms with Crippen molar-refractivity contribution >= 4 is 35.0 Å². The van der Waals surface area contributed by atoms with Crippen LogP contribution >= 0.6 is 35.0 Å². The van der Waals surface area contributed by atoms with E-state index in [0.717, 1.165) is 24.2 Å². The van der Waals surface area contributed by atoms with Gasteiger partial charge in [0.05, 0.1) is 6.07 Å². The number of halogens is 2. The molecule has 0 amide bonds. The van der Waals surface area contributed by atoms with Crippen LogP contribution in [0.1, 0.15) is 18.4 Å². The van der Waals surface area contributed by atoms with E-state index in [0.29, 0.717) is 16.5 Å². The van der Waals surface area contributed by atoms with Gasteiger partial charge in [-0.1, -0.05) is 29.3 Å². The Balaban J connectivity index is 2.30. The molecule has 1 nitrogen and oxygen atoms in total. The van der Waals surface area contributed by atoms with Gasteiger partial charge in [0, 0.05) is 16.5 Å². The molecule has 0 spiro atoms. The van der Waals surface area contributed by atoms with Crippen molar-refractivity contribution in [2.24, 2.45) is 0 Å². The fourth-order valence-corrected chi connectivity index (χ4v) is 3.76. The molecule has 0 N–H and O–H groups in total. The van der Waals surface area contributed by atoms with Crippen LogP contribution in [0.25, 0.3) is 0 Å². The molecule has 1 atom stereocenters. The normalized spacial score (nSPS) is 24.3. The molecule has 1 heterocycles. The predicted molar refractivity (Wildman–Crippen MR) is 70.2 cm³/mol. The first-order valence-electron chi connectivity index (χ1n) is 5.15. The van der Waals surface area contributed by atoms with E-state index in [4.69, 9.17) is 23.2 Å². The van der Waals surface area contributed by atoms with Gasteiger partial charge in [0.25, 0.3) is 0 Å². The Morgan fingerprint density at radius 3 is 2.56 bits per heavy atom. The van der Waals surface area contributed by atoms with Crippen molar-refractivity contribution in [1.82, 2.24) is 0 Å². The van der Waals surface area contributed by atoms with Gasteiger partial charge >= 0.3 is 0 Å². The summed E-state index contributed by atoms with van der Waals surface area (Å²) in [7, 11) is 0. The molecule has 1 aliphatic heterocycles. The maximum atomic E-state index is 9.30. The highest BCUT2D eigenvalue weighted by atomic mass is 35.5. The van der Waals surface area contributed by atoms with Gasteiger partial charge in [0.1, 0.15) is 4.75 Å². The highest BCUT2D eigenvalue weighted by Gasteiger charge is 2.36. The molecule has 1 saturated heterocycles. The number of nitriles is 1. The van der Waals surface area contributed by atoms with Crippen molar-refractivity contribution in [3.8, 4) is 6.07 Å². The van der Waals surface area contributed by atoms with Gasteiger partial charge in [-0.2, -0.15) is 5.26 Å². The lowest BCUT2D eigenvalue weighted by atomic mass is 9.95. The van der Waals surface area contributed by atoms with Crippen LogP contribution in [0, 0.1) is 11.3 Å². The van der Waals surface area contributed by atoms with E-state index in [9.17, 15) is 5.26 Å². The minimum Gasteiger partial charge on any atom is -0.197 e. The summed E-state index contributed by atoms with van der Waals surface area (Å²) in [5.41, 5.74) is 0.904. The van der Waals surface area contributed by atoms with Crippen LogP contribution in [0.2, 0.25) is 10.0 Å². The Kier molecular flexibility index (Phi) is 3.69. The van der Waals surface area contributed by atoms with E-state index in [1.807, 2.05) is 18.2 Å². The number of thioether (sulfide) groups is 1. The topological polar surface area (TPSA) is 23.8 Å². The molecule has 1 aromatic rings. The SMILES string of the molecule is N#CC1(Cc2c(Cl)cccc2Cl)CCCS1. The average molecular weight is 272 g/mol. The molecule has 0 aliphatic carbocycles. The van der Waals surface area contributed by atoms with E-state index in [-0.39, 0.29) is 4.75 Å². The molecule has 4 heteroatoms. The molecule has 1 fully saturated rings. The fraction of sp³-hybridized carbons (Fsp3) is 0.417. The Morgan fingerprint density at radius 1 is 1.38 bits per heavy atom. The minimum absolute atomic E-state index is 0.325. The summed E-state index contributed by atoms with van der Waals surface area (Å²) in [6, 6.07) is 7.91. The molecule has 0 bridgehead atoms. The standard InChI is InChI=1S/C12H11Cl2NS/c13-10-3-1-4-11(14)9(10)7-12(8-15)5-2-6-16-12/h1,3-4H,2,5-7H2. The summed E-state index contributed by atoms with van der Waals surface area (Å²) in [5.74, 6) is 1.05. The monoisotopic (exact) mass is 271 g/mol. The van der Waals surface area contributed by atoms with Crippen molar-refractivity contribution in [1.29, 1.82) is 5.26 Å². The average Bonchev–Trinajstić information content (AvgIpc) is 2.73. The Morgan fingerprint density at radius 2 is 2.06 bits per heavy atom. The first-order valence-corrected chi connectivity index (χ1v) is 6.89. The van der Waals surface area contributed by atoms with Crippen molar-refractivity contribution in [3.63, 3.8) is 0 Å². The molecule has 84 valence electrons. The second-order valence-corrected chi connectivity index (χ2v) is 6.23. The number of hydrogen-bond acceptors (Lipinski definition) is 2. The summed E-state index contributed by atoms with van der Waals surface area (Å²) in [5, 5.41) is 10.6. The van der Waals surface area contributed by atoms with E-state index in [2.05, 4.69) is 6.07 Å². The highest BCUT2D eigenvalue weighted by Crippen LogP contribution is 2.42. The second kappa shape index (κ2) is 4.87. The summed E-state index contributed by atoms with van der Waals surface area (Å²) in [6.07, 6.45) is 2.67. The van der Waals surface area contributed by atoms with Gasteiger partial charge in [0.2, 0.25) is 0 Å². The molecule has 16 heavy (non-hydrogen) atoms. The number of rotatable bonds is 2. The maximum absolute atomic E-state index is 9.30. The zero-order chi connectivity index (χ0) is 11.6. The maximum Gasteiger partial charge on any atom is 0.106 e. The highest BCUT2D eigenvalue weighted by molar-refractivity contribution is 8.01. The third kappa shape index (κ3) is 2.32. The second-order valence-electron chi connectivity index (χ2n) is 3.94. The molecular weight excluding hydrogens is 261 g/mol. The Hall–Kier alpha value is -0.360. The molecule has 2 rings (SSSR count). The van der Waals surface area contributed by atoms with Gasteiger partial charge in [-0.15, -0.1) is 11.8 Å². The molecule has 0 aromatic heterocycles. The predicted octanol–water partition coefficient (Wildman–Crippen LogP) is 4.33. The van der Waals surface area contributed by atoms with Gasteiger partial charge in [0.15, 0.2) is 0 Å². The van der Waals surface area contributed by atoms with E-state index in [1.54, 1.807) is 11.8 Å². The Labute approximate surface area is 110 Å². The van der Waals surface area contributed by atoms with Gasteiger partial charge in [-0.3, -0.25) is 0 Å². The van der Waals surface area contributed by atoms with Crippen molar-refractivity contribution in [3.05, 3.63) is 33.8 Å². The molecule has 0 saturated carbocycles. The van der Waals surface area contributed by atoms with Crippen LogP contribution in [-0.2, 0) is 6.42 Å². The van der Waals surface area contributed by atoms with E-state index >= 15 is 0 Å². The molecular formula is C12H11Cl2NS. The summed E-state index contributed by atoms with van der Waals surface area (Å²) >= 11 is 14.0. The van der Waals surface area contributed by atoms with Crippen molar-refractivity contribution < 1.29 is 0 Å². The van der Waals surface area contributed by atoms with Crippen LogP contribution in [0.4, 0.5) is 0 Å². The van der Waals surface area contributed by atoms with Crippen LogP contribution in [0.5, 0.6) is 0 Å². The summed E-state index contributed by atoms with van der Waals surface area (Å²) in [4.78, 5) is 0. The zero-order valence-corrected chi connectivity index (χ0v) is 11.0. The number of benzene rings is 1. The van der Waals surface area contributed by atoms with Crippen LogP contribution < -0.4 is 0 Å². The van der Waals surface area contributed by atoms with E-state index in [1.165, 1.54) is 0 Å². The molecule has 1 aliphatic rings. The van der Waals surface area contributed by atoms with Crippen LogP contribution in [0.3, 0.4) is 0 Å². The third-order valence-electron chi connectivity index (χ3n) is 2.83. The lowest BCUT2D eigenvalue weighted by Gasteiger charge is -2.20. The van der Waals surface area contributed by atoms with Gasteiger partial charge < -0.3 is 0 Å². The number of nitrogens with zero attached hydrogens (tertiary/aromatic N) is 1. The molecule has 1 unspecified atom stereocenters. The molecule has 1 aromatic carbocycles. The van der Waals surface area contributed by atoms with Crippen LogP contribution in [0.15, 0.2) is 18.2 Å². The van der Waals surface area contributed by atoms with Crippen LogP contribution in [-0.4, -0.2) is 10.5 Å². The first-order chi connectivity index (χ1) is 7.67. The quantitative estimate of drug-likeness (QED) is 0.800. The van der Waals surface area contributed by atoms with E-state index < -0.39 is 0 Å². The van der Waals surface area contributed by atoms with Crippen molar-refractivity contribution in [2.45, 2.75) is 24.0 Å². The lowest BCUT2D eigenvalue weighted by molar-refractivity contribution is 0.672. The summed E-state index contributed by atoms with van der Waals surface area (Å²) < 4.78 is -0.325. The zero-order valence-electron chi connectivity index (χ0n) is 8.67. The van der Waals surface area contributed by atoms with Crippen molar-refractivity contribution in [2.75, 3.05) is 5.75 Å². The smallest absolute Gasteiger partial charge is 0.106 e.